The van der Waals surface area contributed by atoms with Crippen molar-refractivity contribution in [1.82, 2.24) is 0 Å². The molecule has 20 heavy (non-hydrogen) atoms. The standard InChI is InChI=1S/C17H20O3/c1-12-8-9-16(19-3)14(10-12)11-20-17-7-5-4-6-15(17)13(2)18/h4-10,13,18H,11H2,1-3H3/t13-/m1/s1. The van der Waals surface area contributed by atoms with E-state index >= 15 is 0 Å². The maximum atomic E-state index is 9.74. The van der Waals surface area contributed by atoms with E-state index in [4.69, 9.17) is 9.47 Å². The van der Waals surface area contributed by atoms with E-state index < -0.39 is 6.10 Å². The van der Waals surface area contributed by atoms with E-state index in [1.807, 2.05) is 49.4 Å². The number of methoxy groups -OCH3 is 1. The first-order valence-electron chi connectivity index (χ1n) is 6.65. The van der Waals surface area contributed by atoms with Gasteiger partial charge in [0.2, 0.25) is 0 Å². The van der Waals surface area contributed by atoms with E-state index in [1.54, 1.807) is 14.0 Å². The molecule has 0 aliphatic heterocycles. The third kappa shape index (κ3) is 3.31. The number of aliphatic hydroxyl groups is 1. The highest BCUT2D eigenvalue weighted by molar-refractivity contribution is 5.38. The van der Waals surface area contributed by atoms with Crippen LogP contribution >= 0.6 is 0 Å². The molecule has 0 saturated carbocycles. The normalized spacial score (nSPS) is 12.0. The first-order valence-corrected chi connectivity index (χ1v) is 6.65. The van der Waals surface area contributed by atoms with Gasteiger partial charge >= 0.3 is 0 Å². The summed E-state index contributed by atoms with van der Waals surface area (Å²) in [4.78, 5) is 0. The molecule has 2 aromatic rings. The molecule has 0 saturated heterocycles. The summed E-state index contributed by atoms with van der Waals surface area (Å²) in [5.41, 5.74) is 2.94. The number of benzene rings is 2. The lowest BCUT2D eigenvalue weighted by molar-refractivity contribution is 0.190. The minimum absolute atomic E-state index is 0.411. The quantitative estimate of drug-likeness (QED) is 0.903. The molecule has 0 bridgehead atoms. The molecule has 0 aliphatic rings. The zero-order valence-electron chi connectivity index (χ0n) is 12.1. The Morgan fingerprint density at radius 3 is 2.55 bits per heavy atom. The predicted octanol–water partition coefficient (Wildman–Crippen LogP) is 3.64. The minimum atomic E-state index is -0.550. The smallest absolute Gasteiger partial charge is 0.125 e. The Kier molecular flexibility index (Phi) is 4.64. The van der Waals surface area contributed by atoms with Gasteiger partial charge in [-0.1, -0.05) is 29.8 Å². The highest BCUT2D eigenvalue weighted by atomic mass is 16.5. The van der Waals surface area contributed by atoms with Crippen LogP contribution < -0.4 is 9.47 Å². The lowest BCUT2D eigenvalue weighted by Crippen LogP contribution is -2.02. The summed E-state index contributed by atoms with van der Waals surface area (Å²) in [5.74, 6) is 1.51. The number of hydrogen-bond acceptors (Lipinski definition) is 3. The van der Waals surface area contributed by atoms with Gasteiger partial charge in [0.1, 0.15) is 18.1 Å². The average Bonchev–Trinajstić information content (AvgIpc) is 2.45. The van der Waals surface area contributed by atoms with Gasteiger partial charge in [-0.2, -0.15) is 0 Å². The van der Waals surface area contributed by atoms with E-state index in [9.17, 15) is 5.11 Å². The van der Waals surface area contributed by atoms with Crippen LogP contribution in [0.1, 0.15) is 29.7 Å². The zero-order chi connectivity index (χ0) is 14.5. The molecule has 2 rings (SSSR count). The Hall–Kier alpha value is -2.00. The summed E-state index contributed by atoms with van der Waals surface area (Å²) in [6.45, 7) is 4.18. The van der Waals surface area contributed by atoms with Crippen LogP contribution in [0.2, 0.25) is 0 Å². The molecular formula is C17H20O3. The maximum Gasteiger partial charge on any atom is 0.125 e. The molecule has 0 unspecified atom stereocenters. The fraction of sp³-hybridized carbons (Fsp3) is 0.294. The van der Waals surface area contributed by atoms with Crippen LogP contribution in [0, 0.1) is 6.92 Å². The van der Waals surface area contributed by atoms with Gasteiger partial charge < -0.3 is 14.6 Å². The van der Waals surface area contributed by atoms with Gasteiger partial charge in [0.25, 0.3) is 0 Å². The Balaban J connectivity index is 2.19. The van der Waals surface area contributed by atoms with Gasteiger partial charge in [-0.25, -0.2) is 0 Å². The van der Waals surface area contributed by atoms with Crippen LogP contribution in [0.3, 0.4) is 0 Å². The third-order valence-electron chi connectivity index (χ3n) is 3.19. The SMILES string of the molecule is COc1ccc(C)cc1COc1ccccc1[C@@H](C)O. The fourth-order valence-electron chi connectivity index (χ4n) is 2.13. The fourth-order valence-corrected chi connectivity index (χ4v) is 2.13. The van der Waals surface area contributed by atoms with Crippen molar-refractivity contribution in [2.75, 3.05) is 7.11 Å². The maximum absolute atomic E-state index is 9.74. The number of rotatable bonds is 5. The highest BCUT2D eigenvalue weighted by Gasteiger charge is 2.10. The molecule has 0 radical (unpaired) electrons. The minimum Gasteiger partial charge on any atom is -0.496 e. The number of ether oxygens (including phenoxy) is 2. The molecule has 0 spiro atoms. The van der Waals surface area contributed by atoms with Gasteiger partial charge in [-0.3, -0.25) is 0 Å². The Morgan fingerprint density at radius 2 is 1.85 bits per heavy atom. The Morgan fingerprint density at radius 1 is 1.10 bits per heavy atom. The number of hydrogen-bond donors (Lipinski definition) is 1. The largest absolute Gasteiger partial charge is 0.496 e. The summed E-state index contributed by atoms with van der Waals surface area (Å²) in [6, 6.07) is 13.5. The van der Waals surface area contributed by atoms with Crippen molar-refractivity contribution >= 4 is 0 Å². The van der Waals surface area contributed by atoms with E-state index in [0.717, 1.165) is 22.4 Å². The molecule has 106 valence electrons. The van der Waals surface area contributed by atoms with Crippen molar-refractivity contribution in [2.45, 2.75) is 26.6 Å². The molecule has 3 heteroatoms. The monoisotopic (exact) mass is 272 g/mol. The summed E-state index contributed by atoms with van der Waals surface area (Å²) < 4.78 is 11.2. The van der Waals surface area contributed by atoms with Crippen LogP contribution in [-0.4, -0.2) is 12.2 Å². The second-order valence-electron chi connectivity index (χ2n) is 4.82. The molecular weight excluding hydrogens is 252 g/mol. The Bertz CT molecular complexity index is 576. The van der Waals surface area contributed by atoms with E-state index in [0.29, 0.717) is 12.4 Å². The second kappa shape index (κ2) is 6.44. The number of para-hydroxylation sites is 1. The molecule has 3 nitrogen and oxygen atoms in total. The van der Waals surface area contributed by atoms with Crippen LogP contribution in [0.25, 0.3) is 0 Å². The molecule has 2 aromatic carbocycles. The molecule has 1 atom stereocenters. The van der Waals surface area contributed by atoms with Crippen LogP contribution in [0.4, 0.5) is 0 Å². The molecule has 0 aromatic heterocycles. The van der Waals surface area contributed by atoms with Crippen molar-refractivity contribution in [3.05, 3.63) is 59.2 Å². The highest BCUT2D eigenvalue weighted by Crippen LogP contribution is 2.27. The van der Waals surface area contributed by atoms with Crippen molar-refractivity contribution in [3.8, 4) is 11.5 Å². The summed E-state index contributed by atoms with van der Waals surface area (Å²) in [6.07, 6.45) is -0.550. The third-order valence-corrected chi connectivity index (χ3v) is 3.19. The summed E-state index contributed by atoms with van der Waals surface area (Å²) in [7, 11) is 1.65. The van der Waals surface area contributed by atoms with Crippen molar-refractivity contribution in [3.63, 3.8) is 0 Å². The van der Waals surface area contributed by atoms with Crippen LogP contribution in [-0.2, 0) is 6.61 Å². The van der Waals surface area contributed by atoms with Gasteiger partial charge in [0.15, 0.2) is 0 Å². The van der Waals surface area contributed by atoms with Crippen molar-refractivity contribution < 1.29 is 14.6 Å². The van der Waals surface area contributed by atoms with Gasteiger partial charge in [-0.05, 0) is 32.0 Å². The van der Waals surface area contributed by atoms with Gasteiger partial charge in [-0.15, -0.1) is 0 Å². The van der Waals surface area contributed by atoms with Crippen molar-refractivity contribution in [1.29, 1.82) is 0 Å². The van der Waals surface area contributed by atoms with E-state index in [-0.39, 0.29) is 0 Å². The molecule has 0 aliphatic carbocycles. The molecule has 0 fully saturated rings. The first-order chi connectivity index (χ1) is 9.61. The lowest BCUT2D eigenvalue weighted by atomic mass is 10.1. The molecule has 0 amide bonds. The van der Waals surface area contributed by atoms with E-state index in [1.165, 1.54) is 0 Å². The molecule has 0 heterocycles. The van der Waals surface area contributed by atoms with Crippen LogP contribution in [0.5, 0.6) is 11.5 Å². The lowest BCUT2D eigenvalue weighted by Gasteiger charge is -2.15. The predicted molar refractivity (Wildman–Crippen MR) is 79.1 cm³/mol. The van der Waals surface area contributed by atoms with E-state index in [2.05, 4.69) is 0 Å². The zero-order valence-corrected chi connectivity index (χ0v) is 12.1. The Labute approximate surface area is 119 Å². The van der Waals surface area contributed by atoms with Gasteiger partial charge in [0, 0.05) is 11.1 Å². The molecule has 1 N–H and O–H groups in total. The number of aliphatic hydroxyl groups excluding tert-OH is 1. The number of aryl methyl sites for hydroxylation is 1. The van der Waals surface area contributed by atoms with Crippen LogP contribution in [0.15, 0.2) is 42.5 Å². The topological polar surface area (TPSA) is 38.7 Å². The average molecular weight is 272 g/mol. The second-order valence-corrected chi connectivity index (χ2v) is 4.82. The summed E-state index contributed by atoms with van der Waals surface area (Å²) >= 11 is 0. The van der Waals surface area contributed by atoms with Gasteiger partial charge in [0.05, 0.1) is 13.2 Å². The van der Waals surface area contributed by atoms with Crippen molar-refractivity contribution in [2.24, 2.45) is 0 Å². The first kappa shape index (κ1) is 14.4. The summed E-state index contributed by atoms with van der Waals surface area (Å²) in [5, 5.41) is 9.74.